The largest absolute Gasteiger partial charge is 0.465 e. The topological polar surface area (TPSA) is 87.7 Å². The number of benzene rings is 2. The lowest BCUT2D eigenvalue weighted by Gasteiger charge is -2.35. The summed E-state index contributed by atoms with van der Waals surface area (Å²) >= 11 is 1.11. The number of aromatic nitrogens is 2. The van der Waals surface area contributed by atoms with E-state index in [0.29, 0.717) is 22.3 Å². The number of methoxy groups -OCH3 is 1. The van der Waals surface area contributed by atoms with Gasteiger partial charge in [0, 0.05) is 31.7 Å². The molecule has 1 aromatic heterocycles. The van der Waals surface area contributed by atoms with E-state index in [-0.39, 0.29) is 5.91 Å². The molecule has 1 aliphatic heterocycles. The normalized spacial score (nSPS) is 14.8. The molecular formula is C20H21N5O3S. The first-order valence-electron chi connectivity index (χ1n) is 9.24. The molecule has 0 bridgehead atoms. The number of nitrogens with zero attached hydrogens (tertiary/aromatic N) is 4. The lowest BCUT2D eigenvalue weighted by molar-refractivity contribution is 0.0600. The van der Waals surface area contributed by atoms with Crippen molar-refractivity contribution in [2.24, 2.45) is 0 Å². The highest BCUT2D eigenvalue weighted by Gasteiger charge is 2.20. The molecule has 2 aromatic carbocycles. The van der Waals surface area contributed by atoms with E-state index in [2.05, 4.69) is 30.9 Å². The van der Waals surface area contributed by atoms with Gasteiger partial charge in [-0.1, -0.05) is 0 Å². The number of ether oxygens (including phenoxy) is 1. The van der Waals surface area contributed by atoms with Crippen LogP contribution in [0.5, 0.6) is 0 Å². The molecule has 2 heterocycles. The van der Waals surface area contributed by atoms with Gasteiger partial charge in [0.2, 0.25) is 0 Å². The fraction of sp³-hybridized carbons (Fsp3) is 0.300. The van der Waals surface area contributed by atoms with E-state index in [9.17, 15) is 9.59 Å². The summed E-state index contributed by atoms with van der Waals surface area (Å²) in [6.45, 7) is 3.54. The van der Waals surface area contributed by atoms with E-state index in [1.165, 1.54) is 7.11 Å². The number of fused-ring (bicyclic) bond motifs is 1. The maximum absolute atomic E-state index is 12.9. The zero-order chi connectivity index (χ0) is 20.4. The number of hydrogen-bond acceptors (Lipinski definition) is 8. The summed E-state index contributed by atoms with van der Waals surface area (Å²) < 4.78 is 13.2. The van der Waals surface area contributed by atoms with Gasteiger partial charge in [0.1, 0.15) is 11.0 Å². The number of piperazine rings is 1. The summed E-state index contributed by atoms with van der Waals surface area (Å²) in [6, 6.07) is 10.5. The molecule has 4 rings (SSSR count). The van der Waals surface area contributed by atoms with Gasteiger partial charge in [0.05, 0.1) is 35.8 Å². The van der Waals surface area contributed by atoms with E-state index in [4.69, 9.17) is 4.74 Å². The first-order chi connectivity index (χ1) is 14.0. The highest BCUT2D eigenvalue weighted by atomic mass is 32.1. The Kier molecular flexibility index (Phi) is 5.41. The van der Waals surface area contributed by atoms with Crippen LogP contribution in [0.3, 0.4) is 0 Å². The average Bonchev–Trinajstić information content (AvgIpc) is 3.21. The first-order valence-corrected chi connectivity index (χ1v) is 9.98. The van der Waals surface area contributed by atoms with Crippen molar-refractivity contribution in [3.05, 3.63) is 47.5 Å². The molecule has 0 atom stereocenters. The summed E-state index contributed by atoms with van der Waals surface area (Å²) in [5.74, 6) is -0.710. The molecule has 0 radical (unpaired) electrons. The van der Waals surface area contributed by atoms with Gasteiger partial charge in [0.15, 0.2) is 0 Å². The molecule has 1 saturated heterocycles. The third-order valence-electron chi connectivity index (χ3n) is 5.03. The van der Waals surface area contributed by atoms with Crippen LogP contribution < -0.4 is 10.2 Å². The minimum Gasteiger partial charge on any atom is -0.465 e. The highest BCUT2D eigenvalue weighted by Crippen LogP contribution is 2.29. The Labute approximate surface area is 172 Å². The maximum Gasteiger partial charge on any atom is 0.337 e. The van der Waals surface area contributed by atoms with E-state index in [0.717, 1.165) is 49.1 Å². The molecule has 29 heavy (non-hydrogen) atoms. The number of carbonyl (C=O) groups is 2. The molecule has 8 nitrogen and oxygen atoms in total. The second-order valence-corrected chi connectivity index (χ2v) is 7.46. The van der Waals surface area contributed by atoms with Crippen LogP contribution in [0.4, 0.5) is 11.4 Å². The monoisotopic (exact) mass is 411 g/mol. The van der Waals surface area contributed by atoms with Gasteiger partial charge in [-0.2, -0.15) is 8.75 Å². The van der Waals surface area contributed by atoms with Crippen molar-refractivity contribution in [2.45, 2.75) is 0 Å². The van der Waals surface area contributed by atoms with Crippen LogP contribution in [0.1, 0.15) is 20.7 Å². The number of hydrogen-bond donors (Lipinski definition) is 1. The van der Waals surface area contributed by atoms with E-state index < -0.39 is 5.97 Å². The second kappa shape index (κ2) is 8.14. The van der Waals surface area contributed by atoms with Gasteiger partial charge in [-0.15, -0.1) is 0 Å². The Hall–Kier alpha value is -3.04. The molecule has 1 amide bonds. The van der Waals surface area contributed by atoms with Crippen molar-refractivity contribution < 1.29 is 14.3 Å². The lowest BCUT2D eigenvalue weighted by atomic mass is 10.1. The number of carbonyl (C=O) groups excluding carboxylic acids is 2. The predicted molar refractivity (Wildman–Crippen MR) is 113 cm³/mol. The number of esters is 1. The molecule has 3 aromatic rings. The summed E-state index contributed by atoms with van der Waals surface area (Å²) in [7, 11) is 3.43. The van der Waals surface area contributed by atoms with Gasteiger partial charge in [-0.3, -0.25) is 4.79 Å². The van der Waals surface area contributed by atoms with Crippen LogP contribution in [0.25, 0.3) is 11.0 Å². The summed E-state index contributed by atoms with van der Waals surface area (Å²) in [4.78, 5) is 29.4. The fourth-order valence-electron chi connectivity index (χ4n) is 3.32. The van der Waals surface area contributed by atoms with Crippen molar-refractivity contribution in [3.63, 3.8) is 0 Å². The van der Waals surface area contributed by atoms with Crippen molar-refractivity contribution >= 4 is 46.0 Å². The molecule has 1 N–H and O–H groups in total. The third kappa shape index (κ3) is 4.06. The van der Waals surface area contributed by atoms with E-state index in [1.54, 1.807) is 30.3 Å². The van der Waals surface area contributed by atoms with Crippen LogP contribution >= 0.6 is 11.7 Å². The summed E-state index contributed by atoms with van der Waals surface area (Å²) in [5.41, 5.74) is 3.79. The number of amides is 1. The zero-order valence-corrected chi connectivity index (χ0v) is 17.0. The molecular weight excluding hydrogens is 390 g/mol. The van der Waals surface area contributed by atoms with Gasteiger partial charge < -0.3 is 19.9 Å². The minimum absolute atomic E-state index is 0.266. The predicted octanol–water partition coefficient (Wildman–Crippen LogP) is 2.48. The van der Waals surface area contributed by atoms with E-state index >= 15 is 0 Å². The molecule has 0 aliphatic carbocycles. The molecule has 1 fully saturated rings. The second-order valence-electron chi connectivity index (χ2n) is 6.94. The Morgan fingerprint density at radius 2 is 1.72 bits per heavy atom. The quantitative estimate of drug-likeness (QED) is 0.660. The van der Waals surface area contributed by atoms with Gasteiger partial charge in [-0.05, 0) is 43.4 Å². The van der Waals surface area contributed by atoms with Crippen molar-refractivity contribution in [3.8, 4) is 0 Å². The zero-order valence-electron chi connectivity index (χ0n) is 16.2. The number of anilines is 2. The summed E-state index contributed by atoms with van der Waals surface area (Å²) in [6.07, 6.45) is 0. The standard InChI is InChI=1S/C20H21N5O3S/c1-24-7-9-25(10-8-24)18-6-4-14(20(27)28-2)12-17(18)21-19(26)13-3-5-15-16(11-13)23-29-22-15/h3-6,11-12H,7-10H2,1-2H3,(H,21,26). The number of nitrogens with one attached hydrogen (secondary N) is 1. The number of rotatable bonds is 4. The molecule has 1 aliphatic rings. The summed E-state index contributed by atoms with van der Waals surface area (Å²) in [5, 5.41) is 2.96. The smallest absolute Gasteiger partial charge is 0.337 e. The Morgan fingerprint density at radius 3 is 2.48 bits per heavy atom. The highest BCUT2D eigenvalue weighted by molar-refractivity contribution is 7.00. The van der Waals surface area contributed by atoms with Crippen LogP contribution in [-0.4, -0.2) is 65.9 Å². The molecule has 9 heteroatoms. The number of likely N-dealkylation sites (N-methyl/N-ethyl adjacent to an activating group) is 1. The Morgan fingerprint density at radius 1 is 1.00 bits per heavy atom. The van der Waals surface area contributed by atoms with Crippen LogP contribution in [0.15, 0.2) is 36.4 Å². The van der Waals surface area contributed by atoms with Crippen molar-refractivity contribution in [1.82, 2.24) is 13.6 Å². The van der Waals surface area contributed by atoms with Crippen molar-refractivity contribution in [2.75, 3.05) is 50.6 Å². The minimum atomic E-state index is -0.444. The van der Waals surface area contributed by atoms with Gasteiger partial charge >= 0.3 is 5.97 Å². The Balaban J connectivity index is 1.65. The Bertz CT molecular complexity index is 1060. The van der Waals surface area contributed by atoms with Crippen LogP contribution in [0.2, 0.25) is 0 Å². The third-order valence-corrected chi connectivity index (χ3v) is 5.58. The van der Waals surface area contributed by atoms with Crippen LogP contribution in [0, 0.1) is 0 Å². The first kappa shape index (κ1) is 19.3. The molecule has 150 valence electrons. The maximum atomic E-state index is 12.9. The SMILES string of the molecule is COC(=O)c1ccc(N2CCN(C)CC2)c(NC(=O)c2ccc3nsnc3c2)c1. The van der Waals surface area contributed by atoms with Crippen molar-refractivity contribution in [1.29, 1.82) is 0 Å². The molecule has 0 saturated carbocycles. The van der Waals surface area contributed by atoms with Gasteiger partial charge in [0.25, 0.3) is 5.91 Å². The lowest BCUT2D eigenvalue weighted by Crippen LogP contribution is -2.44. The van der Waals surface area contributed by atoms with Gasteiger partial charge in [-0.25, -0.2) is 4.79 Å². The van der Waals surface area contributed by atoms with Crippen LogP contribution in [-0.2, 0) is 4.74 Å². The molecule has 0 spiro atoms. The average molecular weight is 411 g/mol. The fourth-order valence-corrected chi connectivity index (χ4v) is 3.84. The van der Waals surface area contributed by atoms with E-state index in [1.807, 2.05) is 6.07 Å². The molecule has 0 unspecified atom stereocenters.